The maximum atomic E-state index is 4.64. The van der Waals surface area contributed by atoms with Crippen LogP contribution in [0.1, 0.15) is 58.7 Å². The highest BCUT2D eigenvalue weighted by atomic mass is 15.1. The lowest BCUT2D eigenvalue weighted by Gasteiger charge is -2.26. The van der Waals surface area contributed by atoms with Crippen molar-refractivity contribution in [3.8, 4) is 0 Å². The lowest BCUT2D eigenvalue weighted by atomic mass is 9.83. The molecule has 1 aromatic rings. The third kappa shape index (κ3) is 5.18. The van der Waals surface area contributed by atoms with Crippen molar-refractivity contribution in [3.63, 3.8) is 0 Å². The zero-order valence-electron chi connectivity index (χ0n) is 13.8. The monoisotopic (exact) mass is 290 g/mol. The molecule has 0 spiro atoms. The highest BCUT2D eigenvalue weighted by Crippen LogP contribution is 2.28. The van der Waals surface area contributed by atoms with E-state index in [1.165, 1.54) is 25.7 Å². The maximum absolute atomic E-state index is 4.64. The molecule has 0 aliphatic heterocycles. The molecule has 0 aromatic carbocycles. The minimum atomic E-state index is 0.799. The first kappa shape index (κ1) is 16.1. The van der Waals surface area contributed by atoms with Crippen LogP contribution in [0.15, 0.2) is 6.07 Å². The van der Waals surface area contributed by atoms with Crippen molar-refractivity contribution in [1.82, 2.24) is 9.97 Å². The zero-order valence-corrected chi connectivity index (χ0v) is 13.8. The molecule has 4 heteroatoms. The van der Waals surface area contributed by atoms with E-state index in [2.05, 4.69) is 41.4 Å². The molecule has 118 valence electrons. The summed E-state index contributed by atoms with van der Waals surface area (Å²) in [4.78, 5) is 9.20. The fourth-order valence-corrected chi connectivity index (χ4v) is 2.98. The number of hydrogen-bond acceptors (Lipinski definition) is 4. The Morgan fingerprint density at radius 1 is 1.05 bits per heavy atom. The topological polar surface area (TPSA) is 49.8 Å². The molecule has 1 aromatic heterocycles. The molecule has 0 amide bonds. The molecular weight excluding hydrogens is 260 g/mol. The van der Waals surface area contributed by atoms with Gasteiger partial charge in [-0.1, -0.05) is 26.7 Å². The molecule has 2 N–H and O–H groups in total. The number of anilines is 2. The van der Waals surface area contributed by atoms with E-state index >= 15 is 0 Å². The fourth-order valence-electron chi connectivity index (χ4n) is 2.98. The second-order valence-corrected chi connectivity index (χ2v) is 6.34. The van der Waals surface area contributed by atoms with Gasteiger partial charge in [0, 0.05) is 25.6 Å². The lowest BCUT2D eigenvalue weighted by molar-refractivity contribution is 0.300. The van der Waals surface area contributed by atoms with Gasteiger partial charge in [0.15, 0.2) is 0 Å². The third-order valence-electron chi connectivity index (χ3n) is 4.31. The lowest BCUT2D eigenvalue weighted by Crippen LogP contribution is -2.21. The standard InChI is InChI=1S/C17H30N4/c1-4-6-15-20-16(18-5-2)11-17(21-15)19-12-14-9-7-13(3)8-10-14/h11,13-14H,4-10,12H2,1-3H3,(H2,18,19,20,21). The molecule has 21 heavy (non-hydrogen) atoms. The van der Waals surface area contributed by atoms with Crippen LogP contribution in [0.4, 0.5) is 11.6 Å². The van der Waals surface area contributed by atoms with Gasteiger partial charge in [0.25, 0.3) is 0 Å². The van der Waals surface area contributed by atoms with Crippen LogP contribution < -0.4 is 10.6 Å². The van der Waals surface area contributed by atoms with Crippen LogP contribution >= 0.6 is 0 Å². The summed E-state index contributed by atoms with van der Waals surface area (Å²) in [6.45, 7) is 8.56. The molecule has 0 bridgehead atoms. The SMILES string of the molecule is CCCc1nc(NCC)cc(NCC2CCC(C)CC2)n1. The summed E-state index contributed by atoms with van der Waals surface area (Å²) in [5.41, 5.74) is 0. The first-order chi connectivity index (χ1) is 10.2. The Labute approximate surface area is 129 Å². The fraction of sp³-hybridized carbons (Fsp3) is 0.765. The number of aryl methyl sites for hydroxylation is 1. The minimum Gasteiger partial charge on any atom is -0.370 e. The summed E-state index contributed by atoms with van der Waals surface area (Å²) in [6, 6.07) is 2.04. The molecule has 1 fully saturated rings. The number of aromatic nitrogens is 2. The van der Waals surface area contributed by atoms with Crippen molar-refractivity contribution in [2.45, 2.75) is 59.3 Å². The van der Waals surface area contributed by atoms with E-state index in [-0.39, 0.29) is 0 Å². The second-order valence-electron chi connectivity index (χ2n) is 6.34. The van der Waals surface area contributed by atoms with Gasteiger partial charge in [-0.05, 0) is 38.0 Å². The largest absolute Gasteiger partial charge is 0.370 e. The normalized spacial score (nSPS) is 22.0. The van der Waals surface area contributed by atoms with E-state index in [1.54, 1.807) is 0 Å². The Hall–Kier alpha value is -1.32. The minimum absolute atomic E-state index is 0.799. The number of nitrogens with zero attached hydrogens (tertiary/aromatic N) is 2. The number of nitrogens with one attached hydrogen (secondary N) is 2. The van der Waals surface area contributed by atoms with Crippen molar-refractivity contribution in [2.24, 2.45) is 11.8 Å². The van der Waals surface area contributed by atoms with Crippen molar-refractivity contribution < 1.29 is 0 Å². The summed E-state index contributed by atoms with van der Waals surface area (Å²) >= 11 is 0. The van der Waals surface area contributed by atoms with Gasteiger partial charge in [-0.2, -0.15) is 0 Å². The zero-order chi connectivity index (χ0) is 15.1. The van der Waals surface area contributed by atoms with E-state index in [0.29, 0.717) is 0 Å². The quantitative estimate of drug-likeness (QED) is 0.794. The smallest absolute Gasteiger partial charge is 0.133 e. The average molecular weight is 290 g/mol. The van der Waals surface area contributed by atoms with Gasteiger partial charge in [-0.25, -0.2) is 9.97 Å². The van der Waals surface area contributed by atoms with Crippen LogP contribution in [0.25, 0.3) is 0 Å². The van der Waals surface area contributed by atoms with E-state index in [9.17, 15) is 0 Å². The van der Waals surface area contributed by atoms with Gasteiger partial charge < -0.3 is 10.6 Å². The summed E-state index contributed by atoms with van der Waals surface area (Å²) in [7, 11) is 0. The molecule has 0 atom stereocenters. The Bertz CT molecular complexity index is 401. The van der Waals surface area contributed by atoms with Crippen molar-refractivity contribution >= 4 is 11.6 Å². The molecule has 2 rings (SSSR count). The van der Waals surface area contributed by atoms with Gasteiger partial charge in [-0.15, -0.1) is 0 Å². The Morgan fingerprint density at radius 3 is 2.33 bits per heavy atom. The Balaban J connectivity index is 1.94. The van der Waals surface area contributed by atoms with Crippen LogP contribution in [0.5, 0.6) is 0 Å². The molecule has 1 heterocycles. The first-order valence-corrected chi connectivity index (χ1v) is 8.57. The predicted octanol–water partition coefficient (Wildman–Crippen LogP) is 4.10. The Morgan fingerprint density at radius 2 is 1.71 bits per heavy atom. The molecule has 0 radical (unpaired) electrons. The highest BCUT2D eigenvalue weighted by molar-refractivity contribution is 5.47. The molecule has 1 aliphatic carbocycles. The van der Waals surface area contributed by atoms with Gasteiger partial charge in [0.2, 0.25) is 0 Å². The van der Waals surface area contributed by atoms with Crippen molar-refractivity contribution in [1.29, 1.82) is 0 Å². The summed E-state index contributed by atoms with van der Waals surface area (Å²) < 4.78 is 0. The molecule has 0 saturated heterocycles. The van der Waals surface area contributed by atoms with Gasteiger partial charge in [0.05, 0.1) is 0 Å². The molecule has 0 unspecified atom stereocenters. The van der Waals surface area contributed by atoms with Gasteiger partial charge in [0.1, 0.15) is 17.5 Å². The van der Waals surface area contributed by atoms with Gasteiger partial charge in [-0.3, -0.25) is 0 Å². The van der Waals surface area contributed by atoms with Gasteiger partial charge >= 0.3 is 0 Å². The number of rotatable bonds is 7. The second kappa shape index (κ2) is 8.20. The van der Waals surface area contributed by atoms with E-state index in [1.807, 2.05) is 6.07 Å². The van der Waals surface area contributed by atoms with Crippen LogP contribution in [-0.2, 0) is 6.42 Å². The number of hydrogen-bond donors (Lipinski definition) is 2. The summed E-state index contributed by atoms with van der Waals surface area (Å²) in [6.07, 6.45) is 7.46. The summed E-state index contributed by atoms with van der Waals surface area (Å²) in [5.74, 6) is 4.57. The van der Waals surface area contributed by atoms with E-state index in [0.717, 1.165) is 55.2 Å². The molecule has 4 nitrogen and oxygen atoms in total. The van der Waals surface area contributed by atoms with Crippen LogP contribution in [0, 0.1) is 11.8 Å². The van der Waals surface area contributed by atoms with Crippen LogP contribution in [0.3, 0.4) is 0 Å². The highest BCUT2D eigenvalue weighted by Gasteiger charge is 2.18. The van der Waals surface area contributed by atoms with E-state index < -0.39 is 0 Å². The Kier molecular flexibility index (Phi) is 6.27. The summed E-state index contributed by atoms with van der Waals surface area (Å²) in [5, 5.41) is 6.84. The van der Waals surface area contributed by atoms with Crippen LogP contribution in [-0.4, -0.2) is 23.1 Å². The predicted molar refractivity (Wildman–Crippen MR) is 89.8 cm³/mol. The van der Waals surface area contributed by atoms with E-state index in [4.69, 9.17) is 0 Å². The van der Waals surface area contributed by atoms with Crippen molar-refractivity contribution in [2.75, 3.05) is 23.7 Å². The van der Waals surface area contributed by atoms with Crippen LogP contribution in [0.2, 0.25) is 0 Å². The molecule has 1 saturated carbocycles. The first-order valence-electron chi connectivity index (χ1n) is 8.57. The van der Waals surface area contributed by atoms with Crippen molar-refractivity contribution in [3.05, 3.63) is 11.9 Å². The average Bonchev–Trinajstić information content (AvgIpc) is 2.47. The maximum Gasteiger partial charge on any atom is 0.133 e. The third-order valence-corrected chi connectivity index (χ3v) is 4.31. The molecule has 1 aliphatic rings. The molecular formula is C17H30N4.